The fourth-order valence-electron chi connectivity index (χ4n) is 1.30. The second-order valence-corrected chi connectivity index (χ2v) is 4.12. The molecule has 1 heterocycles. The van der Waals surface area contributed by atoms with Crippen molar-refractivity contribution >= 4 is 11.7 Å². The summed E-state index contributed by atoms with van der Waals surface area (Å²) in [5, 5.41) is 12.0. The van der Waals surface area contributed by atoms with Crippen molar-refractivity contribution in [1.82, 2.24) is 4.98 Å². The van der Waals surface area contributed by atoms with E-state index in [1.807, 2.05) is 0 Å². The number of rotatable bonds is 7. The van der Waals surface area contributed by atoms with Crippen LogP contribution in [0, 0.1) is 5.92 Å². The van der Waals surface area contributed by atoms with Crippen LogP contribution in [0.2, 0.25) is 0 Å². The van der Waals surface area contributed by atoms with Gasteiger partial charge in [0.25, 0.3) is 0 Å². The molecule has 0 aliphatic carbocycles. The highest BCUT2D eigenvalue weighted by atomic mass is 16.5. The van der Waals surface area contributed by atoms with Crippen LogP contribution < -0.4 is 5.32 Å². The number of nitrogens with one attached hydrogen (secondary N) is 1. The second-order valence-electron chi connectivity index (χ2n) is 4.12. The first-order valence-electron chi connectivity index (χ1n) is 5.60. The summed E-state index contributed by atoms with van der Waals surface area (Å²) in [4.78, 5) is 14.7. The number of hydrogen-bond donors (Lipinski definition) is 2. The predicted octanol–water partition coefficient (Wildman–Crippen LogP) is 1.86. The quantitative estimate of drug-likeness (QED) is 0.709. The number of aromatic carboxylic acids is 1. The molecule has 0 aliphatic heterocycles. The maximum absolute atomic E-state index is 10.9. The van der Waals surface area contributed by atoms with Crippen molar-refractivity contribution < 1.29 is 14.6 Å². The monoisotopic (exact) mass is 238 g/mol. The number of aromatic nitrogens is 1. The van der Waals surface area contributed by atoms with E-state index in [0.717, 1.165) is 0 Å². The van der Waals surface area contributed by atoms with Gasteiger partial charge in [-0.05, 0) is 12.0 Å². The van der Waals surface area contributed by atoms with Gasteiger partial charge in [-0.1, -0.05) is 13.8 Å². The predicted molar refractivity (Wildman–Crippen MR) is 65.3 cm³/mol. The van der Waals surface area contributed by atoms with E-state index in [0.29, 0.717) is 31.4 Å². The molecule has 5 nitrogen and oxygen atoms in total. The Bertz CT molecular complexity index is 367. The topological polar surface area (TPSA) is 71.5 Å². The summed E-state index contributed by atoms with van der Waals surface area (Å²) in [6.07, 6.45) is 2.89. The van der Waals surface area contributed by atoms with Crippen LogP contribution >= 0.6 is 0 Å². The number of carboxylic acid groups (broad SMARTS) is 1. The van der Waals surface area contributed by atoms with Gasteiger partial charge in [-0.15, -0.1) is 0 Å². The van der Waals surface area contributed by atoms with E-state index in [1.165, 1.54) is 6.20 Å². The molecule has 94 valence electrons. The van der Waals surface area contributed by atoms with Crippen LogP contribution in [-0.4, -0.2) is 35.8 Å². The number of carbonyl (C=O) groups is 1. The summed E-state index contributed by atoms with van der Waals surface area (Å²) in [5.74, 6) is -0.478. The van der Waals surface area contributed by atoms with Gasteiger partial charge in [0.05, 0.1) is 12.3 Å². The van der Waals surface area contributed by atoms with Crippen LogP contribution in [0.1, 0.15) is 24.2 Å². The molecule has 17 heavy (non-hydrogen) atoms. The Hall–Kier alpha value is -1.62. The molecule has 0 saturated heterocycles. The highest BCUT2D eigenvalue weighted by molar-refractivity contribution is 5.93. The standard InChI is InChI=1S/C12H18N2O3/c1-9(2)8-17-6-5-14-11-3-4-13-7-10(11)12(15)16/h3-4,7,9H,5-6,8H2,1-2H3,(H,13,14)(H,15,16). The van der Waals surface area contributed by atoms with Gasteiger partial charge in [0.2, 0.25) is 0 Å². The molecule has 0 unspecified atom stereocenters. The van der Waals surface area contributed by atoms with Crippen molar-refractivity contribution in [2.45, 2.75) is 13.8 Å². The Morgan fingerprint density at radius 3 is 3.00 bits per heavy atom. The summed E-state index contributed by atoms with van der Waals surface area (Å²) < 4.78 is 5.39. The van der Waals surface area contributed by atoms with E-state index >= 15 is 0 Å². The fourth-order valence-corrected chi connectivity index (χ4v) is 1.30. The lowest BCUT2D eigenvalue weighted by Crippen LogP contribution is -2.14. The lowest BCUT2D eigenvalue weighted by atomic mass is 10.2. The molecular weight excluding hydrogens is 220 g/mol. The minimum absolute atomic E-state index is 0.177. The van der Waals surface area contributed by atoms with Crippen LogP contribution in [0.4, 0.5) is 5.69 Å². The normalized spacial score (nSPS) is 10.5. The van der Waals surface area contributed by atoms with Crippen LogP contribution in [0.5, 0.6) is 0 Å². The molecule has 2 N–H and O–H groups in total. The smallest absolute Gasteiger partial charge is 0.339 e. The summed E-state index contributed by atoms with van der Waals surface area (Å²) >= 11 is 0. The molecule has 1 rings (SSSR count). The van der Waals surface area contributed by atoms with Crippen molar-refractivity contribution in [3.63, 3.8) is 0 Å². The Morgan fingerprint density at radius 2 is 2.35 bits per heavy atom. The summed E-state index contributed by atoms with van der Waals surface area (Å²) in [6, 6.07) is 1.64. The maximum atomic E-state index is 10.9. The van der Waals surface area contributed by atoms with Crippen LogP contribution in [0.3, 0.4) is 0 Å². The third kappa shape index (κ3) is 4.82. The molecular formula is C12H18N2O3. The summed E-state index contributed by atoms with van der Waals surface area (Å²) in [6.45, 7) is 6.01. The van der Waals surface area contributed by atoms with Crippen LogP contribution in [-0.2, 0) is 4.74 Å². The average Bonchev–Trinajstić information content (AvgIpc) is 2.28. The van der Waals surface area contributed by atoms with E-state index < -0.39 is 5.97 Å². The van der Waals surface area contributed by atoms with E-state index in [2.05, 4.69) is 24.1 Å². The van der Waals surface area contributed by atoms with Gasteiger partial charge in [0.1, 0.15) is 5.56 Å². The molecule has 0 amide bonds. The molecule has 0 saturated carbocycles. The number of pyridine rings is 1. The Balaban J connectivity index is 2.39. The zero-order chi connectivity index (χ0) is 12.7. The first-order valence-corrected chi connectivity index (χ1v) is 5.60. The third-order valence-corrected chi connectivity index (χ3v) is 2.06. The number of carboxylic acids is 1. The first kappa shape index (κ1) is 13.4. The zero-order valence-corrected chi connectivity index (χ0v) is 10.1. The van der Waals surface area contributed by atoms with Crippen molar-refractivity contribution in [1.29, 1.82) is 0 Å². The minimum Gasteiger partial charge on any atom is -0.478 e. The molecule has 0 bridgehead atoms. The van der Waals surface area contributed by atoms with Crippen molar-refractivity contribution in [2.24, 2.45) is 5.92 Å². The van der Waals surface area contributed by atoms with E-state index in [-0.39, 0.29) is 5.56 Å². The van der Waals surface area contributed by atoms with Crippen molar-refractivity contribution in [3.05, 3.63) is 24.0 Å². The number of anilines is 1. The van der Waals surface area contributed by atoms with Gasteiger partial charge >= 0.3 is 5.97 Å². The van der Waals surface area contributed by atoms with Gasteiger partial charge in [0, 0.05) is 25.5 Å². The van der Waals surface area contributed by atoms with E-state index in [4.69, 9.17) is 9.84 Å². The molecule has 5 heteroatoms. The van der Waals surface area contributed by atoms with Crippen molar-refractivity contribution in [2.75, 3.05) is 25.1 Å². The van der Waals surface area contributed by atoms with Crippen molar-refractivity contribution in [3.8, 4) is 0 Å². The molecule has 0 aliphatic rings. The average molecular weight is 238 g/mol. The van der Waals surface area contributed by atoms with E-state index in [1.54, 1.807) is 12.3 Å². The SMILES string of the molecule is CC(C)COCCNc1ccncc1C(=O)O. The van der Waals surface area contributed by atoms with Crippen LogP contribution in [0.25, 0.3) is 0 Å². The Morgan fingerprint density at radius 1 is 1.59 bits per heavy atom. The fraction of sp³-hybridized carbons (Fsp3) is 0.500. The Labute approximate surface area is 101 Å². The Kier molecular flexibility index (Phi) is 5.42. The largest absolute Gasteiger partial charge is 0.478 e. The van der Waals surface area contributed by atoms with Gasteiger partial charge in [-0.2, -0.15) is 0 Å². The van der Waals surface area contributed by atoms with Gasteiger partial charge < -0.3 is 15.2 Å². The zero-order valence-electron chi connectivity index (χ0n) is 10.1. The van der Waals surface area contributed by atoms with Gasteiger partial charge in [0.15, 0.2) is 0 Å². The lowest BCUT2D eigenvalue weighted by molar-refractivity contribution is 0.0697. The maximum Gasteiger partial charge on any atom is 0.339 e. The first-order chi connectivity index (χ1) is 8.11. The highest BCUT2D eigenvalue weighted by Crippen LogP contribution is 2.12. The number of hydrogen-bond acceptors (Lipinski definition) is 4. The molecule has 0 spiro atoms. The molecule has 1 aromatic heterocycles. The lowest BCUT2D eigenvalue weighted by Gasteiger charge is -2.10. The molecule has 0 atom stereocenters. The highest BCUT2D eigenvalue weighted by Gasteiger charge is 2.08. The second kappa shape index (κ2) is 6.85. The molecule has 0 radical (unpaired) electrons. The van der Waals surface area contributed by atoms with Crippen LogP contribution in [0.15, 0.2) is 18.5 Å². The minimum atomic E-state index is -0.983. The molecule has 1 aromatic rings. The third-order valence-electron chi connectivity index (χ3n) is 2.06. The number of ether oxygens (including phenoxy) is 1. The van der Waals surface area contributed by atoms with Gasteiger partial charge in [-0.3, -0.25) is 4.98 Å². The molecule has 0 fully saturated rings. The number of nitrogens with zero attached hydrogens (tertiary/aromatic N) is 1. The summed E-state index contributed by atoms with van der Waals surface area (Å²) in [7, 11) is 0. The van der Waals surface area contributed by atoms with Gasteiger partial charge in [-0.25, -0.2) is 4.79 Å². The molecule has 0 aromatic carbocycles. The summed E-state index contributed by atoms with van der Waals surface area (Å²) in [5.41, 5.74) is 0.747. The van der Waals surface area contributed by atoms with E-state index in [9.17, 15) is 4.79 Å².